The van der Waals surface area contributed by atoms with Crippen molar-refractivity contribution >= 4 is 57.5 Å². The van der Waals surface area contributed by atoms with Crippen LogP contribution in [0.2, 0.25) is 0 Å². The molecule has 10 nitrogen and oxygen atoms in total. The Morgan fingerprint density at radius 3 is 0.955 bits per heavy atom. The second-order valence-electron chi connectivity index (χ2n) is 14.8. The van der Waals surface area contributed by atoms with Crippen LogP contribution in [0.5, 0.6) is 23.0 Å². The van der Waals surface area contributed by atoms with Crippen LogP contribution >= 0.6 is 14.3 Å². The first-order valence-corrected chi connectivity index (χ1v) is 25.0. The van der Waals surface area contributed by atoms with Crippen LogP contribution < -0.4 is 41.3 Å². The minimum Gasteiger partial charge on any atom is -0.454 e. The number of azo groups is 2. The lowest BCUT2D eigenvalue weighted by molar-refractivity contribution is 0.0535. The van der Waals surface area contributed by atoms with Crippen LogP contribution in [0.1, 0.15) is 0 Å². The molecule has 0 fully saturated rings. The molecule has 8 aromatic carbocycles. The van der Waals surface area contributed by atoms with E-state index in [2.05, 4.69) is 20.5 Å². The summed E-state index contributed by atoms with van der Waals surface area (Å²) in [5.74, 6) is 1.94. The summed E-state index contributed by atoms with van der Waals surface area (Å²) in [6, 6.07) is 67.7. The van der Waals surface area contributed by atoms with E-state index in [9.17, 15) is 0 Å². The SMILES string of the molecule is O=P(c1ccccc1)(c1ccccc1)c1ccccc1Oc1ccccc1N=NCCOCCOCCN=Nc1ccccc1Oc1ccccc1P(=O)(c1ccccc1)c1ccccc1. The standard InChI is InChI=1S/C54H48N4O6P2/c59-65(43-21-5-1-6-22-43,44-23-7-2-8-24-44)53-35-19-17-33-51(53)63-49-31-15-13-29-47(49)57-55-37-39-61-41-42-62-40-38-56-58-48-30-14-16-32-50(48)64-52-34-18-20-36-54(52)66(60,45-25-9-3-10-26-45)46-27-11-4-12-28-46/h1-36H,37-42H2. The number of benzene rings is 8. The molecule has 0 heterocycles. The van der Waals surface area contributed by atoms with E-state index in [1.165, 1.54) is 0 Å². The lowest BCUT2D eigenvalue weighted by Crippen LogP contribution is -2.25. The van der Waals surface area contributed by atoms with Crippen molar-refractivity contribution in [2.75, 3.05) is 39.5 Å². The van der Waals surface area contributed by atoms with E-state index in [0.717, 1.165) is 21.2 Å². The zero-order chi connectivity index (χ0) is 45.3. The van der Waals surface area contributed by atoms with Gasteiger partial charge in [-0.3, -0.25) is 0 Å². The van der Waals surface area contributed by atoms with Gasteiger partial charge in [-0.25, -0.2) is 0 Å². The molecule has 0 aliphatic rings. The molecule has 8 rings (SSSR count). The van der Waals surface area contributed by atoms with Crippen molar-refractivity contribution in [1.82, 2.24) is 0 Å². The van der Waals surface area contributed by atoms with Gasteiger partial charge in [0, 0.05) is 21.2 Å². The topological polar surface area (TPSA) is 120 Å². The molecule has 0 saturated heterocycles. The molecule has 0 N–H and O–H groups in total. The predicted molar refractivity (Wildman–Crippen MR) is 265 cm³/mol. The highest BCUT2D eigenvalue weighted by Gasteiger charge is 2.34. The molecule has 0 radical (unpaired) electrons. The van der Waals surface area contributed by atoms with E-state index in [0.29, 0.717) is 84.5 Å². The van der Waals surface area contributed by atoms with Crippen LogP contribution in [0.3, 0.4) is 0 Å². The fourth-order valence-electron chi connectivity index (χ4n) is 7.29. The van der Waals surface area contributed by atoms with Crippen molar-refractivity contribution in [3.63, 3.8) is 0 Å². The van der Waals surface area contributed by atoms with E-state index in [-0.39, 0.29) is 0 Å². The number of para-hydroxylation sites is 4. The maximum Gasteiger partial charge on any atom is 0.174 e. The predicted octanol–water partition coefficient (Wildman–Crippen LogP) is 11.5. The molecule has 0 aliphatic heterocycles. The third-order valence-electron chi connectivity index (χ3n) is 10.5. The van der Waals surface area contributed by atoms with Gasteiger partial charge in [-0.1, -0.05) is 170 Å². The van der Waals surface area contributed by atoms with Gasteiger partial charge in [-0.15, -0.1) is 0 Å². The maximum absolute atomic E-state index is 15.1. The Morgan fingerprint density at radius 2 is 0.606 bits per heavy atom. The summed E-state index contributed by atoms with van der Waals surface area (Å²) in [7, 11) is -6.58. The molecule has 8 aromatic rings. The smallest absolute Gasteiger partial charge is 0.174 e. The molecule has 12 heteroatoms. The first-order valence-electron chi connectivity index (χ1n) is 21.6. The normalized spacial score (nSPS) is 11.8. The van der Waals surface area contributed by atoms with Crippen molar-refractivity contribution in [3.05, 3.63) is 218 Å². The van der Waals surface area contributed by atoms with E-state index in [1.54, 1.807) is 0 Å². The lowest BCUT2D eigenvalue weighted by atomic mass is 10.3. The lowest BCUT2D eigenvalue weighted by Gasteiger charge is -2.22. The van der Waals surface area contributed by atoms with Gasteiger partial charge in [-0.05, 0) is 48.5 Å². The van der Waals surface area contributed by atoms with Gasteiger partial charge in [0.05, 0.1) is 50.1 Å². The first kappa shape index (κ1) is 45.5. The van der Waals surface area contributed by atoms with Crippen LogP contribution in [-0.2, 0) is 18.6 Å². The van der Waals surface area contributed by atoms with Gasteiger partial charge in [-0.2, -0.15) is 20.5 Å². The molecule has 0 spiro atoms. The molecular weight excluding hydrogens is 863 g/mol. The summed E-state index contributed by atoms with van der Waals surface area (Å²) in [6.07, 6.45) is 0. The van der Waals surface area contributed by atoms with Gasteiger partial charge in [0.1, 0.15) is 22.9 Å². The third-order valence-corrected chi connectivity index (χ3v) is 16.7. The Bertz CT molecular complexity index is 2670. The van der Waals surface area contributed by atoms with Gasteiger partial charge >= 0.3 is 0 Å². The number of hydrogen-bond acceptors (Lipinski definition) is 10. The molecule has 0 amide bonds. The molecule has 66 heavy (non-hydrogen) atoms. The van der Waals surface area contributed by atoms with Crippen molar-refractivity contribution in [2.45, 2.75) is 0 Å². The highest BCUT2D eigenvalue weighted by Crippen LogP contribution is 2.47. The van der Waals surface area contributed by atoms with Crippen molar-refractivity contribution in [1.29, 1.82) is 0 Å². The Kier molecular flexibility index (Phi) is 15.7. The fourth-order valence-corrected chi connectivity index (χ4v) is 12.8. The Balaban J connectivity index is 0.814. The fraction of sp³-hybridized carbons (Fsp3) is 0.111. The van der Waals surface area contributed by atoms with Crippen LogP contribution in [0, 0.1) is 0 Å². The van der Waals surface area contributed by atoms with Crippen LogP contribution in [0.15, 0.2) is 239 Å². The van der Waals surface area contributed by atoms with Crippen molar-refractivity contribution in [3.8, 4) is 23.0 Å². The molecule has 0 aromatic heterocycles. The van der Waals surface area contributed by atoms with E-state index < -0.39 is 14.3 Å². The summed E-state index contributed by atoms with van der Waals surface area (Å²) in [5, 5.41) is 21.7. The largest absolute Gasteiger partial charge is 0.454 e. The number of rotatable bonds is 21. The number of ether oxygens (including phenoxy) is 4. The van der Waals surface area contributed by atoms with Gasteiger partial charge < -0.3 is 28.1 Å². The highest BCUT2D eigenvalue weighted by molar-refractivity contribution is 7.86. The van der Waals surface area contributed by atoms with Gasteiger partial charge in [0.15, 0.2) is 25.8 Å². The quantitative estimate of drug-likeness (QED) is 0.0402. The highest BCUT2D eigenvalue weighted by atomic mass is 31.2. The minimum atomic E-state index is -3.29. The molecule has 0 saturated carbocycles. The summed E-state index contributed by atoms with van der Waals surface area (Å²) < 4.78 is 54.7. The van der Waals surface area contributed by atoms with Crippen LogP contribution in [0.4, 0.5) is 11.4 Å². The maximum atomic E-state index is 15.1. The molecule has 0 aliphatic carbocycles. The Hall–Kier alpha value is -7.06. The van der Waals surface area contributed by atoms with Gasteiger partial charge in [0.25, 0.3) is 0 Å². The van der Waals surface area contributed by atoms with E-state index in [1.807, 2.05) is 218 Å². The molecule has 330 valence electrons. The zero-order valence-corrected chi connectivity index (χ0v) is 37.9. The summed E-state index contributed by atoms with van der Waals surface area (Å²) >= 11 is 0. The molecular formula is C54H48N4O6P2. The first-order chi connectivity index (χ1) is 32.5. The van der Waals surface area contributed by atoms with Crippen LogP contribution in [-0.4, -0.2) is 39.5 Å². The van der Waals surface area contributed by atoms with Crippen LogP contribution in [0.25, 0.3) is 0 Å². The monoisotopic (exact) mass is 910 g/mol. The Morgan fingerprint density at radius 1 is 0.318 bits per heavy atom. The minimum absolute atomic E-state index is 0.332. The molecule has 0 unspecified atom stereocenters. The van der Waals surface area contributed by atoms with Gasteiger partial charge in [0.2, 0.25) is 0 Å². The summed E-state index contributed by atoms with van der Waals surface area (Å²) in [6.45, 7) is 2.11. The third kappa shape index (κ3) is 10.9. The van der Waals surface area contributed by atoms with E-state index in [4.69, 9.17) is 18.9 Å². The average Bonchev–Trinajstić information content (AvgIpc) is 3.38. The zero-order valence-electron chi connectivity index (χ0n) is 36.2. The number of nitrogens with zero attached hydrogens (tertiary/aromatic N) is 4. The molecule has 0 atom stereocenters. The van der Waals surface area contributed by atoms with Crippen molar-refractivity contribution < 1.29 is 28.1 Å². The second-order valence-corrected chi connectivity index (χ2v) is 20.3. The Labute approximate surface area is 385 Å². The average molecular weight is 911 g/mol. The van der Waals surface area contributed by atoms with E-state index >= 15 is 9.13 Å². The van der Waals surface area contributed by atoms with Crippen molar-refractivity contribution in [2.24, 2.45) is 20.5 Å². The second kappa shape index (κ2) is 22.7. The summed E-state index contributed by atoms with van der Waals surface area (Å²) in [5.41, 5.74) is 1.07. The summed E-state index contributed by atoms with van der Waals surface area (Å²) in [4.78, 5) is 0. The molecule has 0 bridgehead atoms. The number of hydrogen-bond donors (Lipinski definition) is 0.